The molecule has 8 rings (SSSR count). The third kappa shape index (κ3) is 9.50. The molecule has 0 fully saturated rings. The number of halogens is 4. The Morgan fingerprint density at radius 1 is 0.710 bits per heavy atom. The lowest BCUT2D eigenvalue weighted by atomic mass is 10.1. The number of nitrogens with zero attached hydrogens (tertiary/aromatic N) is 9. The third-order valence-electron chi connectivity index (χ3n) is 9.27. The summed E-state index contributed by atoms with van der Waals surface area (Å²) in [5.41, 5.74) is 2.14. The van der Waals surface area contributed by atoms with E-state index in [1.165, 1.54) is 40.3 Å². The number of aromatic nitrogens is 10. The predicted molar refractivity (Wildman–Crippen MR) is 229 cm³/mol. The number of nitrogens with one attached hydrogen (secondary N) is 3. The molecule has 0 unspecified atom stereocenters. The van der Waals surface area contributed by atoms with Crippen LogP contribution in [0.4, 0.5) is 17.6 Å². The maximum Gasteiger partial charge on any atom is 0.255 e. The standard InChI is InChI=1S/C24H30F2N6O2Si.C18H16F2N6O/c1-24(2,3)30-23(33)16-13-31(14-34-7-8-35(4,5)6)22-21(16)29-20(12-27-22)32-19-10-18(26)17(25)9-15(19)11-28-32;1-18(2,3)25-17(27)10-7-21-16-15(10)24-14(8-22-16)26-13-5-12(20)11(19)4-9(13)6-23-26/h9-13H,7-8,14H2,1-6H3,(H,30,33);4-8H,1-3H3,(H,21,22)(H,25,27). The minimum atomic E-state index is -1.24. The average molecular weight is 871 g/mol. The van der Waals surface area contributed by atoms with Crippen molar-refractivity contribution < 1.29 is 31.9 Å². The number of ether oxygens (including phenoxy) is 1. The van der Waals surface area contributed by atoms with Crippen molar-refractivity contribution in [3.8, 4) is 11.6 Å². The zero-order valence-corrected chi connectivity index (χ0v) is 36.7. The van der Waals surface area contributed by atoms with Gasteiger partial charge in [0.05, 0.1) is 46.9 Å². The van der Waals surface area contributed by atoms with E-state index >= 15 is 0 Å². The SMILES string of the molecule is CC(C)(C)NC(=O)c1c[nH]c2ncc(-n3ncc4cc(F)c(F)cc43)nc12.CC(C)(C)NC(=O)c1cn(COCC[Si](C)(C)C)c2ncc(-n3ncc4cc(F)c(F)cc43)nc12. The molecular formula is C42H46F4N12O3Si. The van der Waals surface area contributed by atoms with Crippen LogP contribution in [0.15, 0.2) is 61.4 Å². The molecule has 0 aliphatic carbocycles. The normalized spacial score (nSPS) is 12.3. The first kappa shape index (κ1) is 43.5. The van der Waals surface area contributed by atoms with Gasteiger partial charge in [-0.05, 0) is 59.7 Å². The van der Waals surface area contributed by atoms with Crippen molar-refractivity contribution in [2.75, 3.05) is 6.61 Å². The molecule has 0 saturated carbocycles. The fourth-order valence-electron chi connectivity index (χ4n) is 6.33. The number of hydrogen-bond donors (Lipinski definition) is 3. The highest BCUT2D eigenvalue weighted by Gasteiger charge is 2.24. The van der Waals surface area contributed by atoms with Crippen LogP contribution in [0.1, 0.15) is 62.3 Å². The summed E-state index contributed by atoms with van der Waals surface area (Å²) in [4.78, 5) is 46.4. The van der Waals surface area contributed by atoms with Crippen LogP contribution < -0.4 is 10.6 Å². The van der Waals surface area contributed by atoms with E-state index in [9.17, 15) is 27.2 Å². The van der Waals surface area contributed by atoms with Gasteiger partial charge in [-0.3, -0.25) is 9.59 Å². The van der Waals surface area contributed by atoms with Crippen LogP contribution in [0, 0.1) is 23.3 Å². The number of rotatable bonds is 9. The van der Waals surface area contributed by atoms with Crippen molar-refractivity contribution in [3.63, 3.8) is 0 Å². The summed E-state index contributed by atoms with van der Waals surface area (Å²) >= 11 is 0. The molecule has 0 aliphatic rings. The zero-order chi connectivity index (χ0) is 44.9. The van der Waals surface area contributed by atoms with Crippen LogP contribution in [-0.2, 0) is 11.5 Å². The van der Waals surface area contributed by atoms with Crippen LogP contribution in [0.3, 0.4) is 0 Å². The largest absolute Gasteiger partial charge is 0.361 e. The molecule has 3 N–H and O–H groups in total. The van der Waals surface area contributed by atoms with Crippen molar-refractivity contribution >= 4 is 64.0 Å². The first-order chi connectivity index (χ1) is 29.0. The molecule has 0 atom stereocenters. The third-order valence-corrected chi connectivity index (χ3v) is 11.0. The van der Waals surface area contributed by atoms with Gasteiger partial charge in [-0.25, -0.2) is 46.9 Å². The Balaban J connectivity index is 0.000000192. The highest BCUT2D eigenvalue weighted by molar-refractivity contribution is 6.76. The number of hydrogen-bond acceptors (Lipinski definition) is 9. The van der Waals surface area contributed by atoms with Gasteiger partial charge in [0.1, 0.15) is 17.8 Å². The average Bonchev–Trinajstić information content (AvgIpc) is 3.96. The molecule has 0 aliphatic heterocycles. The van der Waals surface area contributed by atoms with E-state index in [1.807, 2.05) is 41.5 Å². The molecule has 20 heteroatoms. The number of carbonyl (C=O) groups is 2. The first-order valence-corrected chi connectivity index (χ1v) is 23.3. The molecule has 62 heavy (non-hydrogen) atoms. The summed E-state index contributed by atoms with van der Waals surface area (Å²) in [7, 11) is -1.24. The Bertz CT molecular complexity index is 2990. The molecule has 2 aromatic carbocycles. The molecule has 8 aromatic rings. The summed E-state index contributed by atoms with van der Waals surface area (Å²) in [5, 5.41) is 15.0. The minimum absolute atomic E-state index is 0.229. The Labute approximate surface area is 353 Å². The highest BCUT2D eigenvalue weighted by Crippen LogP contribution is 2.26. The predicted octanol–water partition coefficient (Wildman–Crippen LogP) is 7.99. The summed E-state index contributed by atoms with van der Waals surface area (Å²) in [6.07, 6.45) is 8.98. The molecule has 0 bridgehead atoms. The van der Waals surface area contributed by atoms with E-state index in [2.05, 4.69) is 65.4 Å². The van der Waals surface area contributed by atoms with Gasteiger partial charge in [0.25, 0.3) is 11.8 Å². The Hall–Kier alpha value is -6.54. The van der Waals surface area contributed by atoms with E-state index in [4.69, 9.17) is 4.74 Å². The molecular weight excluding hydrogens is 825 g/mol. The molecule has 2 amide bonds. The van der Waals surface area contributed by atoms with Gasteiger partial charge in [-0.1, -0.05) is 19.6 Å². The van der Waals surface area contributed by atoms with Gasteiger partial charge in [0.15, 0.2) is 46.2 Å². The number of fused-ring (bicyclic) bond motifs is 4. The van der Waals surface area contributed by atoms with Gasteiger partial charge in [0.2, 0.25) is 0 Å². The number of carbonyl (C=O) groups excluding carboxylic acids is 2. The fraction of sp³-hybridized carbons (Fsp3) is 0.333. The molecule has 6 heterocycles. The second-order valence-corrected chi connectivity index (χ2v) is 23.7. The van der Waals surface area contributed by atoms with Gasteiger partial charge in [-0.2, -0.15) is 10.2 Å². The van der Waals surface area contributed by atoms with Crippen LogP contribution in [0.2, 0.25) is 25.7 Å². The van der Waals surface area contributed by atoms with Crippen LogP contribution >= 0.6 is 0 Å². The van der Waals surface area contributed by atoms with Crippen LogP contribution in [0.5, 0.6) is 0 Å². The molecule has 0 radical (unpaired) electrons. The lowest BCUT2D eigenvalue weighted by Crippen LogP contribution is -2.40. The second kappa shape index (κ2) is 16.4. The van der Waals surface area contributed by atoms with Crippen molar-refractivity contribution in [1.29, 1.82) is 0 Å². The number of benzene rings is 2. The molecule has 0 saturated heterocycles. The number of H-pyrrole nitrogens is 1. The monoisotopic (exact) mass is 870 g/mol. The highest BCUT2D eigenvalue weighted by atomic mass is 28.3. The van der Waals surface area contributed by atoms with Gasteiger partial charge in [-0.15, -0.1) is 0 Å². The number of amides is 2. The van der Waals surface area contributed by atoms with E-state index in [0.29, 0.717) is 61.9 Å². The Morgan fingerprint density at radius 3 is 1.74 bits per heavy atom. The summed E-state index contributed by atoms with van der Waals surface area (Å²) in [6.45, 7) is 19.0. The van der Waals surface area contributed by atoms with Crippen molar-refractivity contribution in [2.45, 2.75) is 85.0 Å². The van der Waals surface area contributed by atoms with Crippen molar-refractivity contribution in [2.24, 2.45) is 0 Å². The second-order valence-electron chi connectivity index (χ2n) is 18.1. The van der Waals surface area contributed by atoms with Gasteiger partial charge < -0.3 is 24.9 Å². The molecule has 15 nitrogen and oxygen atoms in total. The lowest BCUT2D eigenvalue weighted by molar-refractivity contribution is 0.0884. The van der Waals surface area contributed by atoms with Crippen molar-refractivity contribution in [1.82, 2.24) is 59.7 Å². The van der Waals surface area contributed by atoms with Crippen molar-refractivity contribution in [3.05, 3.63) is 95.8 Å². The Kier molecular flexibility index (Phi) is 11.5. The molecule has 0 spiro atoms. The maximum absolute atomic E-state index is 13.9. The van der Waals surface area contributed by atoms with E-state index in [0.717, 1.165) is 30.3 Å². The molecule has 324 valence electrons. The van der Waals surface area contributed by atoms with E-state index < -0.39 is 42.4 Å². The topological polar surface area (TPSA) is 175 Å². The van der Waals surface area contributed by atoms with Gasteiger partial charge >= 0.3 is 0 Å². The Morgan fingerprint density at radius 2 is 1.21 bits per heavy atom. The van der Waals surface area contributed by atoms with Crippen LogP contribution in [-0.4, -0.2) is 86.6 Å². The van der Waals surface area contributed by atoms with Gasteiger partial charge in [0, 0.05) is 61.1 Å². The van der Waals surface area contributed by atoms with Crippen LogP contribution in [0.25, 0.3) is 55.8 Å². The van der Waals surface area contributed by atoms with E-state index in [-0.39, 0.29) is 30.2 Å². The minimum Gasteiger partial charge on any atom is -0.361 e. The smallest absolute Gasteiger partial charge is 0.255 e. The lowest BCUT2D eigenvalue weighted by Gasteiger charge is -2.20. The first-order valence-electron chi connectivity index (χ1n) is 19.6. The quantitative estimate of drug-likeness (QED) is 0.0738. The summed E-state index contributed by atoms with van der Waals surface area (Å²) in [5.74, 6) is -3.90. The number of aromatic amines is 1. The molecule has 6 aromatic heterocycles. The summed E-state index contributed by atoms with van der Waals surface area (Å²) < 4.78 is 65.0. The van der Waals surface area contributed by atoms with E-state index in [1.54, 1.807) is 10.8 Å². The zero-order valence-electron chi connectivity index (χ0n) is 35.7. The fourth-order valence-corrected chi connectivity index (χ4v) is 7.09. The maximum atomic E-state index is 13.9. The summed E-state index contributed by atoms with van der Waals surface area (Å²) in [6, 6.07) is 5.28.